The molecule has 7 heteroatoms. The predicted octanol–water partition coefficient (Wildman–Crippen LogP) is 2.41. The summed E-state index contributed by atoms with van der Waals surface area (Å²) in [5, 5.41) is 14.4. The Bertz CT molecular complexity index is 817. The maximum Gasteiger partial charge on any atom is 0.322 e. The number of carbonyl (C=O) groups is 2. The van der Waals surface area contributed by atoms with Crippen LogP contribution in [0.3, 0.4) is 0 Å². The molecule has 1 amide bonds. The quantitative estimate of drug-likeness (QED) is 0.695. The number of amides is 1. The van der Waals surface area contributed by atoms with E-state index in [1.165, 1.54) is 12.1 Å². The average Bonchev–Trinajstić information content (AvgIpc) is 3.15. The Hall–Kier alpha value is -2.93. The van der Waals surface area contributed by atoms with Crippen LogP contribution in [0.2, 0.25) is 0 Å². The van der Waals surface area contributed by atoms with Crippen molar-refractivity contribution in [1.82, 2.24) is 5.32 Å². The molecule has 2 aromatic carbocycles. The molecule has 0 aliphatic carbocycles. The first-order valence-electron chi connectivity index (χ1n) is 8.66. The van der Waals surface area contributed by atoms with Crippen molar-refractivity contribution in [1.29, 1.82) is 0 Å². The van der Waals surface area contributed by atoms with Crippen molar-refractivity contribution in [3.8, 4) is 0 Å². The maximum atomic E-state index is 13.2. The molecule has 1 aliphatic heterocycles. The summed E-state index contributed by atoms with van der Waals surface area (Å²) in [6.07, 6.45) is 0.735. The highest BCUT2D eigenvalue weighted by molar-refractivity contribution is 5.95. The van der Waals surface area contributed by atoms with Crippen molar-refractivity contribution >= 4 is 17.6 Å². The third-order valence-corrected chi connectivity index (χ3v) is 4.72. The Morgan fingerprint density at radius 3 is 2.63 bits per heavy atom. The summed E-state index contributed by atoms with van der Waals surface area (Å²) in [5.41, 5.74) is 1.53. The monoisotopic (exact) mass is 372 g/mol. The number of halogens is 1. The number of benzene rings is 2. The summed E-state index contributed by atoms with van der Waals surface area (Å²) >= 11 is 0. The zero-order valence-corrected chi connectivity index (χ0v) is 14.7. The van der Waals surface area contributed by atoms with Crippen LogP contribution in [-0.4, -0.2) is 43.3 Å². The normalized spacial score (nSPS) is 18.9. The van der Waals surface area contributed by atoms with Gasteiger partial charge >= 0.3 is 5.97 Å². The first kappa shape index (κ1) is 18.8. The van der Waals surface area contributed by atoms with Gasteiger partial charge in [-0.05, 0) is 42.3 Å². The molecule has 1 atom stereocenters. The predicted molar refractivity (Wildman–Crippen MR) is 98.4 cm³/mol. The van der Waals surface area contributed by atoms with Crippen LogP contribution in [0.15, 0.2) is 48.5 Å². The van der Waals surface area contributed by atoms with Crippen LogP contribution in [0.1, 0.15) is 22.3 Å². The molecule has 1 aliphatic rings. The topological polar surface area (TPSA) is 87.7 Å². The number of hydrogen-bond acceptors (Lipinski definition) is 4. The summed E-state index contributed by atoms with van der Waals surface area (Å²) in [4.78, 5) is 23.2. The molecule has 1 unspecified atom stereocenters. The lowest BCUT2D eigenvalue weighted by molar-refractivity contribution is -0.134. The highest BCUT2D eigenvalue weighted by Gasteiger charge is 2.37. The van der Waals surface area contributed by atoms with E-state index < -0.39 is 5.97 Å². The number of carbonyl (C=O) groups excluding carboxylic acids is 1. The molecule has 1 fully saturated rings. The highest BCUT2D eigenvalue weighted by Crippen LogP contribution is 2.33. The maximum absolute atomic E-state index is 13.2. The van der Waals surface area contributed by atoms with Gasteiger partial charge in [-0.2, -0.15) is 0 Å². The number of anilines is 1. The van der Waals surface area contributed by atoms with Crippen molar-refractivity contribution in [2.45, 2.75) is 11.8 Å². The van der Waals surface area contributed by atoms with E-state index in [4.69, 9.17) is 9.84 Å². The zero-order valence-electron chi connectivity index (χ0n) is 14.7. The van der Waals surface area contributed by atoms with Crippen LogP contribution in [-0.2, 0) is 14.9 Å². The van der Waals surface area contributed by atoms with Crippen LogP contribution in [0.4, 0.5) is 10.1 Å². The Morgan fingerprint density at radius 1 is 1.19 bits per heavy atom. The van der Waals surface area contributed by atoms with Gasteiger partial charge in [0.1, 0.15) is 12.4 Å². The molecule has 142 valence electrons. The van der Waals surface area contributed by atoms with Gasteiger partial charge in [-0.3, -0.25) is 9.59 Å². The zero-order chi connectivity index (χ0) is 19.3. The van der Waals surface area contributed by atoms with E-state index >= 15 is 0 Å². The number of nitrogens with one attached hydrogen (secondary N) is 2. The van der Waals surface area contributed by atoms with Crippen LogP contribution in [0.5, 0.6) is 0 Å². The van der Waals surface area contributed by atoms with Crippen molar-refractivity contribution in [3.63, 3.8) is 0 Å². The van der Waals surface area contributed by atoms with Gasteiger partial charge in [0.05, 0.1) is 6.61 Å². The van der Waals surface area contributed by atoms with E-state index in [0.29, 0.717) is 31.0 Å². The molecule has 6 nitrogen and oxygen atoms in total. The first-order valence-corrected chi connectivity index (χ1v) is 8.66. The van der Waals surface area contributed by atoms with Crippen molar-refractivity contribution in [2.24, 2.45) is 0 Å². The average molecular weight is 372 g/mol. The fourth-order valence-corrected chi connectivity index (χ4v) is 3.18. The van der Waals surface area contributed by atoms with E-state index in [0.717, 1.165) is 12.0 Å². The van der Waals surface area contributed by atoms with Gasteiger partial charge in [-0.1, -0.05) is 18.2 Å². The molecule has 3 rings (SSSR count). The Balaban J connectivity index is 1.69. The molecule has 27 heavy (non-hydrogen) atoms. The second-order valence-electron chi connectivity index (χ2n) is 6.60. The van der Waals surface area contributed by atoms with Gasteiger partial charge < -0.3 is 20.5 Å². The number of rotatable bonds is 7. The smallest absolute Gasteiger partial charge is 0.322 e. The third kappa shape index (κ3) is 4.62. The minimum absolute atomic E-state index is 0.226. The summed E-state index contributed by atoms with van der Waals surface area (Å²) in [6.45, 7) is 1.18. The molecule has 0 bridgehead atoms. The van der Waals surface area contributed by atoms with E-state index in [2.05, 4.69) is 10.6 Å². The Kier molecular flexibility index (Phi) is 5.71. The number of aliphatic carboxylic acids is 1. The van der Waals surface area contributed by atoms with Gasteiger partial charge in [-0.15, -0.1) is 0 Å². The second-order valence-corrected chi connectivity index (χ2v) is 6.60. The molecule has 1 saturated heterocycles. The summed E-state index contributed by atoms with van der Waals surface area (Å²) in [6, 6.07) is 12.9. The number of carboxylic acid groups (broad SMARTS) is 1. The van der Waals surface area contributed by atoms with Crippen LogP contribution < -0.4 is 10.6 Å². The molecule has 3 N–H and O–H groups in total. The molecular formula is C20H21FN2O4. The lowest BCUT2D eigenvalue weighted by atomic mass is 9.79. The van der Waals surface area contributed by atoms with Crippen molar-refractivity contribution in [2.75, 3.05) is 31.6 Å². The van der Waals surface area contributed by atoms with Crippen molar-refractivity contribution in [3.05, 3.63) is 65.5 Å². The molecule has 0 aromatic heterocycles. The standard InChI is InChI=1S/C20H21FN2O4/c21-16-6-4-15(5-7-16)20(8-9-27-13-20)12-23-19(26)14-2-1-3-17(10-14)22-11-18(24)25/h1-7,10,22H,8-9,11-13H2,(H,23,26)(H,24,25). The summed E-state index contributed by atoms with van der Waals surface area (Å²) < 4.78 is 18.8. The van der Waals surface area contributed by atoms with E-state index in [1.54, 1.807) is 36.4 Å². The first-order chi connectivity index (χ1) is 13.0. The fraction of sp³-hybridized carbons (Fsp3) is 0.300. The Labute approximate surface area is 156 Å². The lowest BCUT2D eigenvalue weighted by Gasteiger charge is -2.28. The molecular weight excluding hydrogens is 351 g/mol. The van der Waals surface area contributed by atoms with Crippen molar-refractivity contribution < 1.29 is 23.8 Å². The molecule has 0 spiro atoms. The van der Waals surface area contributed by atoms with Crippen LogP contribution >= 0.6 is 0 Å². The van der Waals surface area contributed by atoms with E-state index in [1.807, 2.05) is 0 Å². The largest absolute Gasteiger partial charge is 0.480 e. The van der Waals surface area contributed by atoms with Crippen LogP contribution in [0.25, 0.3) is 0 Å². The lowest BCUT2D eigenvalue weighted by Crippen LogP contribution is -2.41. The number of ether oxygens (including phenoxy) is 1. The summed E-state index contributed by atoms with van der Waals surface area (Å²) in [7, 11) is 0. The van der Waals surface area contributed by atoms with E-state index in [-0.39, 0.29) is 23.7 Å². The third-order valence-electron chi connectivity index (χ3n) is 4.72. The second kappa shape index (κ2) is 8.18. The van der Waals surface area contributed by atoms with Gasteiger partial charge in [0.2, 0.25) is 0 Å². The Morgan fingerprint density at radius 2 is 1.96 bits per heavy atom. The van der Waals surface area contributed by atoms with Crippen LogP contribution in [0, 0.1) is 5.82 Å². The minimum atomic E-state index is -0.979. The molecule has 1 heterocycles. The van der Waals surface area contributed by atoms with Gasteiger partial charge in [0.25, 0.3) is 5.91 Å². The molecule has 0 radical (unpaired) electrons. The fourth-order valence-electron chi connectivity index (χ4n) is 3.18. The van der Waals surface area contributed by atoms with Gasteiger partial charge in [0.15, 0.2) is 0 Å². The van der Waals surface area contributed by atoms with Gasteiger partial charge in [-0.25, -0.2) is 4.39 Å². The molecule has 2 aromatic rings. The highest BCUT2D eigenvalue weighted by atomic mass is 19.1. The number of carboxylic acids is 1. The van der Waals surface area contributed by atoms with E-state index in [9.17, 15) is 14.0 Å². The summed E-state index contributed by atoms with van der Waals surface area (Å²) in [5.74, 6) is -1.54. The minimum Gasteiger partial charge on any atom is -0.480 e. The van der Waals surface area contributed by atoms with Gasteiger partial charge in [0, 0.05) is 29.8 Å². The molecule has 0 saturated carbocycles. The SMILES string of the molecule is O=C(O)CNc1cccc(C(=O)NCC2(c3ccc(F)cc3)CCOC2)c1. The number of hydrogen-bond donors (Lipinski definition) is 3.